The molecule has 0 atom stereocenters. The molecule has 19 heavy (non-hydrogen) atoms. The molecule has 100 valence electrons. The summed E-state index contributed by atoms with van der Waals surface area (Å²) in [6.07, 6.45) is 3.18. The van der Waals surface area contributed by atoms with Crippen molar-refractivity contribution in [1.29, 1.82) is 0 Å². The fraction of sp³-hybridized carbons (Fsp3) is 0.214. The topological polar surface area (TPSA) is 57.5 Å². The highest BCUT2D eigenvalue weighted by molar-refractivity contribution is 5.89. The van der Waals surface area contributed by atoms with E-state index in [0.29, 0.717) is 6.54 Å². The van der Waals surface area contributed by atoms with Gasteiger partial charge in [-0.25, -0.2) is 4.79 Å². The van der Waals surface area contributed by atoms with Gasteiger partial charge < -0.3 is 20.0 Å². The predicted molar refractivity (Wildman–Crippen MR) is 75.3 cm³/mol. The third-order valence-corrected chi connectivity index (χ3v) is 2.67. The number of hydrogen-bond acceptors (Lipinski definition) is 3. The van der Waals surface area contributed by atoms with Crippen LogP contribution in [0.1, 0.15) is 5.56 Å². The fourth-order valence-corrected chi connectivity index (χ4v) is 1.59. The third kappa shape index (κ3) is 3.77. The summed E-state index contributed by atoms with van der Waals surface area (Å²) in [6, 6.07) is 9.21. The van der Waals surface area contributed by atoms with Gasteiger partial charge in [0.15, 0.2) is 0 Å². The Bertz CT molecular complexity index is 518. The second kappa shape index (κ2) is 5.95. The number of hydrogen-bond donors (Lipinski definition) is 2. The second-order valence-corrected chi connectivity index (χ2v) is 4.38. The molecule has 2 aromatic rings. The normalized spacial score (nSPS) is 10.0. The lowest BCUT2D eigenvalue weighted by atomic mass is 10.2. The van der Waals surface area contributed by atoms with Gasteiger partial charge in [-0.1, -0.05) is 0 Å². The third-order valence-electron chi connectivity index (χ3n) is 2.67. The molecule has 5 heteroatoms. The minimum Gasteiger partial charge on any atom is -0.472 e. The number of amides is 2. The summed E-state index contributed by atoms with van der Waals surface area (Å²) >= 11 is 0. The largest absolute Gasteiger partial charge is 0.472 e. The molecule has 0 fully saturated rings. The highest BCUT2D eigenvalue weighted by atomic mass is 16.3. The molecule has 0 aliphatic rings. The van der Waals surface area contributed by atoms with Gasteiger partial charge in [-0.05, 0) is 30.3 Å². The van der Waals surface area contributed by atoms with Gasteiger partial charge in [-0.3, -0.25) is 0 Å². The number of nitrogens with zero attached hydrogens (tertiary/aromatic N) is 1. The highest BCUT2D eigenvalue weighted by Gasteiger charge is 2.02. The van der Waals surface area contributed by atoms with Crippen molar-refractivity contribution >= 4 is 17.4 Å². The summed E-state index contributed by atoms with van der Waals surface area (Å²) < 4.78 is 4.92. The first-order valence-corrected chi connectivity index (χ1v) is 5.98. The molecular weight excluding hydrogens is 242 g/mol. The van der Waals surface area contributed by atoms with Crippen LogP contribution in [-0.4, -0.2) is 20.1 Å². The van der Waals surface area contributed by atoms with Crippen LogP contribution in [0.5, 0.6) is 0 Å². The Morgan fingerprint density at radius 1 is 1.21 bits per heavy atom. The number of nitrogens with one attached hydrogen (secondary N) is 2. The number of rotatable bonds is 4. The van der Waals surface area contributed by atoms with E-state index in [1.807, 2.05) is 49.3 Å². The monoisotopic (exact) mass is 259 g/mol. The van der Waals surface area contributed by atoms with E-state index in [2.05, 4.69) is 10.6 Å². The quantitative estimate of drug-likeness (QED) is 0.887. The first-order valence-electron chi connectivity index (χ1n) is 5.98. The Balaban J connectivity index is 1.84. The summed E-state index contributed by atoms with van der Waals surface area (Å²) in [4.78, 5) is 13.7. The Kier molecular flexibility index (Phi) is 4.07. The van der Waals surface area contributed by atoms with Crippen LogP contribution < -0.4 is 15.5 Å². The molecule has 0 spiro atoms. The molecule has 1 aromatic carbocycles. The lowest BCUT2D eigenvalue weighted by Crippen LogP contribution is -2.27. The summed E-state index contributed by atoms with van der Waals surface area (Å²) in [6.45, 7) is 0.443. The van der Waals surface area contributed by atoms with Crippen molar-refractivity contribution in [3.05, 3.63) is 48.4 Å². The number of furan rings is 1. The smallest absolute Gasteiger partial charge is 0.319 e. The second-order valence-electron chi connectivity index (χ2n) is 4.38. The van der Waals surface area contributed by atoms with Gasteiger partial charge in [0.25, 0.3) is 0 Å². The van der Waals surface area contributed by atoms with Crippen molar-refractivity contribution in [3.63, 3.8) is 0 Å². The van der Waals surface area contributed by atoms with Crippen LogP contribution in [0.25, 0.3) is 0 Å². The van der Waals surface area contributed by atoms with Crippen LogP contribution in [0.15, 0.2) is 47.3 Å². The van der Waals surface area contributed by atoms with E-state index in [4.69, 9.17) is 4.42 Å². The van der Waals surface area contributed by atoms with E-state index in [1.54, 1.807) is 12.5 Å². The molecule has 2 N–H and O–H groups in total. The Labute approximate surface area is 112 Å². The predicted octanol–water partition coefficient (Wildman–Crippen LogP) is 2.67. The van der Waals surface area contributed by atoms with Gasteiger partial charge in [-0.2, -0.15) is 0 Å². The standard InChI is InChI=1S/C14H17N3O2/c1-17(2)13-5-3-12(4-6-13)16-14(18)15-9-11-7-8-19-10-11/h3-8,10H,9H2,1-2H3,(H2,15,16,18). The average molecular weight is 259 g/mol. The molecule has 1 heterocycles. The minimum absolute atomic E-state index is 0.237. The van der Waals surface area contributed by atoms with Crippen molar-refractivity contribution in [3.8, 4) is 0 Å². The number of benzene rings is 1. The van der Waals surface area contributed by atoms with Crippen molar-refractivity contribution in [2.24, 2.45) is 0 Å². The Hall–Kier alpha value is -2.43. The first kappa shape index (κ1) is 13.0. The minimum atomic E-state index is -0.237. The molecule has 0 radical (unpaired) electrons. The van der Waals surface area contributed by atoms with Gasteiger partial charge in [0.1, 0.15) is 0 Å². The van der Waals surface area contributed by atoms with Crippen LogP contribution in [0.3, 0.4) is 0 Å². The first-order chi connectivity index (χ1) is 9.15. The molecule has 0 saturated carbocycles. The van der Waals surface area contributed by atoms with E-state index in [1.165, 1.54) is 0 Å². The zero-order valence-corrected chi connectivity index (χ0v) is 11.0. The summed E-state index contributed by atoms with van der Waals surface area (Å²) in [5.41, 5.74) is 2.78. The number of carbonyl (C=O) groups excluding carboxylic acids is 1. The number of urea groups is 1. The van der Waals surface area contributed by atoms with Gasteiger partial charge >= 0.3 is 6.03 Å². The van der Waals surface area contributed by atoms with E-state index in [0.717, 1.165) is 16.9 Å². The van der Waals surface area contributed by atoms with E-state index >= 15 is 0 Å². The maximum atomic E-state index is 11.7. The van der Waals surface area contributed by atoms with Gasteiger partial charge in [0, 0.05) is 37.6 Å². The lowest BCUT2D eigenvalue weighted by molar-refractivity contribution is 0.251. The molecule has 2 amide bonds. The zero-order chi connectivity index (χ0) is 13.7. The van der Waals surface area contributed by atoms with Gasteiger partial charge in [-0.15, -0.1) is 0 Å². The van der Waals surface area contributed by atoms with E-state index in [-0.39, 0.29) is 6.03 Å². The SMILES string of the molecule is CN(C)c1ccc(NC(=O)NCc2ccoc2)cc1. The Morgan fingerprint density at radius 2 is 1.95 bits per heavy atom. The van der Waals surface area contributed by atoms with Gasteiger partial charge in [0.05, 0.1) is 12.5 Å². The zero-order valence-electron chi connectivity index (χ0n) is 11.0. The molecule has 0 aliphatic carbocycles. The molecule has 0 unspecified atom stereocenters. The molecule has 0 bridgehead atoms. The van der Waals surface area contributed by atoms with Gasteiger partial charge in [0.2, 0.25) is 0 Å². The van der Waals surface area contributed by atoms with Crippen molar-refractivity contribution in [2.75, 3.05) is 24.3 Å². The molecule has 1 aromatic heterocycles. The van der Waals surface area contributed by atoms with Crippen molar-refractivity contribution in [1.82, 2.24) is 5.32 Å². The van der Waals surface area contributed by atoms with Crippen LogP contribution in [0.4, 0.5) is 16.2 Å². The van der Waals surface area contributed by atoms with Crippen LogP contribution in [0.2, 0.25) is 0 Å². The van der Waals surface area contributed by atoms with Crippen molar-refractivity contribution in [2.45, 2.75) is 6.54 Å². The molecule has 5 nitrogen and oxygen atoms in total. The van der Waals surface area contributed by atoms with Crippen LogP contribution in [-0.2, 0) is 6.54 Å². The molecular formula is C14H17N3O2. The van der Waals surface area contributed by atoms with Crippen molar-refractivity contribution < 1.29 is 9.21 Å². The molecule has 2 rings (SSSR count). The Morgan fingerprint density at radius 3 is 2.53 bits per heavy atom. The summed E-state index contributed by atoms with van der Waals surface area (Å²) in [7, 11) is 3.94. The number of anilines is 2. The maximum absolute atomic E-state index is 11.7. The summed E-state index contributed by atoms with van der Waals surface area (Å²) in [5.74, 6) is 0. The fourth-order valence-electron chi connectivity index (χ4n) is 1.59. The van der Waals surface area contributed by atoms with Crippen LogP contribution in [0, 0.1) is 0 Å². The summed E-state index contributed by atoms with van der Waals surface area (Å²) in [5, 5.41) is 5.52. The number of carbonyl (C=O) groups is 1. The molecule has 0 aliphatic heterocycles. The van der Waals surface area contributed by atoms with E-state index in [9.17, 15) is 4.79 Å². The van der Waals surface area contributed by atoms with E-state index < -0.39 is 0 Å². The van der Waals surface area contributed by atoms with Crippen LogP contribution >= 0.6 is 0 Å². The lowest BCUT2D eigenvalue weighted by Gasteiger charge is -2.13. The average Bonchev–Trinajstić information content (AvgIpc) is 2.90. The maximum Gasteiger partial charge on any atom is 0.319 e. The molecule has 0 saturated heterocycles. The highest BCUT2D eigenvalue weighted by Crippen LogP contribution is 2.15.